The van der Waals surface area contributed by atoms with Crippen molar-refractivity contribution in [2.24, 2.45) is 0 Å². The Hall–Kier alpha value is -1.53. The second-order valence-corrected chi connectivity index (χ2v) is 3.18. The average molecular weight is 215 g/mol. The van der Waals surface area contributed by atoms with Gasteiger partial charge in [-0.3, -0.25) is 0 Å². The smallest absolute Gasteiger partial charge is 0.358 e. The van der Waals surface area contributed by atoms with Gasteiger partial charge in [-0.1, -0.05) is 0 Å². The summed E-state index contributed by atoms with van der Waals surface area (Å²) in [5.41, 5.74) is 0.699. The van der Waals surface area contributed by atoms with Gasteiger partial charge < -0.3 is 20.2 Å². The maximum atomic E-state index is 11.3. The van der Waals surface area contributed by atoms with Crippen LogP contribution in [0.5, 0.6) is 0 Å². The van der Waals surface area contributed by atoms with Gasteiger partial charge in [0, 0.05) is 6.20 Å². The number of nitrogens with zero attached hydrogens (tertiary/aromatic N) is 1. The Balaban J connectivity index is 2.58. The Kier molecular flexibility index (Phi) is 3.70. The first-order valence-corrected chi connectivity index (χ1v) is 4.39. The van der Waals surface area contributed by atoms with Gasteiger partial charge in [0.05, 0.1) is 6.61 Å². The summed E-state index contributed by atoms with van der Waals surface area (Å²) in [6.45, 7) is 0.929. The van der Waals surface area contributed by atoms with Gasteiger partial charge in [0.1, 0.15) is 12.7 Å². The van der Waals surface area contributed by atoms with Crippen molar-refractivity contribution in [3.05, 3.63) is 23.5 Å². The first-order chi connectivity index (χ1) is 7.04. The molecule has 15 heavy (non-hydrogen) atoms. The lowest BCUT2D eigenvalue weighted by atomic mass is 10.3. The van der Waals surface area contributed by atoms with Crippen molar-refractivity contribution < 1.29 is 25.0 Å². The van der Waals surface area contributed by atoms with E-state index >= 15 is 0 Å². The number of aliphatic hydroxyl groups excluding tert-OH is 2. The van der Waals surface area contributed by atoms with Crippen LogP contribution in [0.15, 0.2) is 12.3 Å². The molecular weight excluding hydrogens is 202 g/mol. The van der Waals surface area contributed by atoms with Crippen molar-refractivity contribution in [2.75, 3.05) is 13.2 Å². The Morgan fingerprint density at radius 1 is 1.67 bits per heavy atom. The number of hydrogen-bond acceptors (Lipinski definition) is 5. The summed E-state index contributed by atoms with van der Waals surface area (Å²) in [4.78, 5) is 11.3. The number of rotatable bonds is 4. The third-order valence-electron chi connectivity index (χ3n) is 1.76. The largest absolute Gasteiger partial charge is 0.458 e. The first-order valence-electron chi connectivity index (χ1n) is 4.39. The molecular formula is C9H13NO5. The van der Waals surface area contributed by atoms with Crippen LogP contribution in [0, 0.1) is 6.92 Å². The zero-order valence-electron chi connectivity index (χ0n) is 8.25. The van der Waals surface area contributed by atoms with E-state index in [1.165, 1.54) is 12.3 Å². The fourth-order valence-corrected chi connectivity index (χ4v) is 1.03. The van der Waals surface area contributed by atoms with Crippen molar-refractivity contribution in [1.82, 2.24) is 4.73 Å². The molecule has 1 rings (SSSR count). The van der Waals surface area contributed by atoms with Crippen molar-refractivity contribution in [1.29, 1.82) is 0 Å². The van der Waals surface area contributed by atoms with E-state index in [-0.39, 0.29) is 12.3 Å². The van der Waals surface area contributed by atoms with Gasteiger partial charge in [-0.2, -0.15) is 4.73 Å². The van der Waals surface area contributed by atoms with E-state index in [1.807, 2.05) is 0 Å². The standard InChI is InChI=1S/C9H13NO5/c1-6-2-8(10(14)3-6)9(13)15-5-7(12)4-11/h2-3,7,11-12,14H,4-5H2,1H3. The Morgan fingerprint density at radius 2 is 2.33 bits per heavy atom. The molecule has 0 amide bonds. The molecule has 0 aliphatic rings. The minimum absolute atomic E-state index is 0.0161. The molecule has 84 valence electrons. The van der Waals surface area contributed by atoms with Crippen molar-refractivity contribution in [3.8, 4) is 0 Å². The molecule has 1 atom stereocenters. The second kappa shape index (κ2) is 4.81. The third-order valence-corrected chi connectivity index (χ3v) is 1.76. The number of aryl methyl sites for hydroxylation is 1. The quantitative estimate of drug-likeness (QED) is 0.467. The van der Waals surface area contributed by atoms with Crippen LogP contribution in [0.25, 0.3) is 0 Å². The van der Waals surface area contributed by atoms with Crippen molar-refractivity contribution >= 4 is 5.97 Å². The molecule has 0 bridgehead atoms. The molecule has 0 saturated heterocycles. The number of carbonyl (C=O) groups is 1. The highest BCUT2D eigenvalue weighted by atomic mass is 16.5. The van der Waals surface area contributed by atoms with E-state index in [0.29, 0.717) is 10.3 Å². The minimum atomic E-state index is -1.10. The maximum Gasteiger partial charge on any atom is 0.358 e. The molecule has 1 aromatic heterocycles. The fraction of sp³-hybridized carbons (Fsp3) is 0.444. The van der Waals surface area contributed by atoms with E-state index < -0.39 is 18.7 Å². The molecule has 3 N–H and O–H groups in total. The fourth-order valence-electron chi connectivity index (χ4n) is 1.03. The Bertz CT molecular complexity index is 346. The molecule has 0 radical (unpaired) electrons. The van der Waals surface area contributed by atoms with Gasteiger partial charge in [-0.05, 0) is 18.6 Å². The molecule has 1 unspecified atom stereocenters. The molecule has 0 aromatic carbocycles. The van der Waals surface area contributed by atoms with Crippen LogP contribution in [-0.2, 0) is 4.74 Å². The van der Waals surface area contributed by atoms with E-state index in [2.05, 4.69) is 4.74 Å². The number of aliphatic hydroxyl groups is 2. The molecule has 0 saturated carbocycles. The Morgan fingerprint density at radius 3 is 2.80 bits per heavy atom. The first kappa shape index (κ1) is 11.5. The molecule has 0 spiro atoms. The Labute approximate surface area is 86.3 Å². The molecule has 0 aliphatic heterocycles. The number of ether oxygens (including phenoxy) is 1. The molecule has 1 aromatic rings. The summed E-state index contributed by atoms with van der Waals surface area (Å²) in [5, 5.41) is 26.6. The molecule has 0 fully saturated rings. The zero-order chi connectivity index (χ0) is 11.4. The third kappa shape index (κ3) is 2.97. The SMILES string of the molecule is Cc1cc(C(=O)OCC(O)CO)n(O)c1. The van der Waals surface area contributed by atoms with Gasteiger partial charge in [0.15, 0.2) is 5.69 Å². The van der Waals surface area contributed by atoms with Crippen LogP contribution in [0.2, 0.25) is 0 Å². The van der Waals surface area contributed by atoms with Gasteiger partial charge in [-0.15, -0.1) is 0 Å². The van der Waals surface area contributed by atoms with E-state index in [1.54, 1.807) is 6.92 Å². The number of aromatic nitrogens is 1. The normalized spacial score (nSPS) is 12.5. The predicted molar refractivity (Wildman–Crippen MR) is 49.7 cm³/mol. The van der Waals surface area contributed by atoms with E-state index in [4.69, 9.17) is 10.2 Å². The highest BCUT2D eigenvalue weighted by Crippen LogP contribution is 2.07. The number of esters is 1. The van der Waals surface area contributed by atoms with Crippen LogP contribution >= 0.6 is 0 Å². The maximum absolute atomic E-state index is 11.3. The van der Waals surface area contributed by atoms with Crippen LogP contribution in [0.4, 0.5) is 0 Å². The molecule has 0 aliphatic carbocycles. The molecule has 6 heteroatoms. The highest BCUT2D eigenvalue weighted by molar-refractivity contribution is 5.87. The topological polar surface area (TPSA) is 91.9 Å². The zero-order valence-corrected chi connectivity index (χ0v) is 8.25. The summed E-state index contributed by atoms with van der Waals surface area (Å²) >= 11 is 0. The van der Waals surface area contributed by atoms with Crippen LogP contribution in [0.3, 0.4) is 0 Å². The lowest BCUT2D eigenvalue weighted by molar-refractivity contribution is 0.00665. The van der Waals surface area contributed by atoms with E-state index in [0.717, 1.165) is 0 Å². The molecule has 6 nitrogen and oxygen atoms in total. The summed E-state index contributed by atoms with van der Waals surface area (Å²) in [6.07, 6.45) is 0.260. The summed E-state index contributed by atoms with van der Waals surface area (Å²) < 4.78 is 5.30. The van der Waals surface area contributed by atoms with Crippen molar-refractivity contribution in [2.45, 2.75) is 13.0 Å². The predicted octanol–water partition coefficient (Wildman–Crippen LogP) is -0.456. The van der Waals surface area contributed by atoms with Crippen molar-refractivity contribution in [3.63, 3.8) is 0 Å². The minimum Gasteiger partial charge on any atom is -0.458 e. The summed E-state index contributed by atoms with van der Waals surface area (Å²) in [6, 6.07) is 1.45. The lowest BCUT2D eigenvalue weighted by Gasteiger charge is -2.07. The summed E-state index contributed by atoms with van der Waals surface area (Å²) in [5.74, 6) is -0.752. The van der Waals surface area contributed by atoms with Gasteiger partial charge in [0.2, 0.25) is 0 Å². The van der Waals surface area contributed by atoms with Gasteiger partial charge in [0.25, 0.3) is 0 Å². The average Bonchev–Trinajstić information content (AvgIpc) is 2.53. The second-order valence-electron chi connectivity index (χ2n) is 3.18. The van der Waals surface area contributed by atoms with Crippen LogP contribution < -0.4 is 0 Å². The monoisotopic (exact) mass is 215 g/mol. The molecule has 1 heterocycles. The van der Waals surface area contributed by atoms with E-state index in [9.17, 15) is 10.0 Å². The highest BCUT2D eigenvalue weighted by Gasteiger charge is 2.15. The number of carbonyl (C=O) groups excluding carboxylic acids is 1. The van der Waals surface area contributed by atoms with Gasteiger partial charge >= 0.3 is 5.97 Å². The number of hydrogen-bond donors (Lipinski definition) is 3. The van der Waals surface area contributed by atoms with Crippen LogP contribution in [-0.4, -0.2) is 45.4 Å². The summed E-state index contributed by atoms with van der Waals surface area (Å²) in [7, 11) is 0. The van der Waals surface area contributed by atoms with Crippen LogP contribution in [0.1, 0.15) is 16.1 Å². The van der Waals surface area contributed by atoms with Gasteiger partial charge in [-0.25, -0.2) is 4.79 Å². The lowest BCUT2D eigenvalue weighted by Crippen LogP contribution is -2.22.